The van der Waals surface area contributed by atoms with Crippen LogP contribution < -0.4 is 5.32 Å². The summed E-state index contributed by atoms with van der Waals surface area (Å²) in [5.41, 5.74) is 1.27. The first kappa shape index (κ1) is 21.6. The maximum atomic E-state index is 12.9. The van der Waals surface area contributed by atoms with Gasteiger partial charge in [-0.3, -0.25) is 9.59 Å². The normalized spacial score (nSPS) is 10.9. The summed E-state index contributed by atoms with van der Waals surface area (Å²) in [4.78, 5) is 34.1. The number of amides is 2. The maximum Gasteiger partial charge on any atom is 0.254 e. The summed E-state index contributed by atoms with van der Waals surface area (Å²) in [7, 11) is 3.81. The van der Waals surface area contributed by atoms with E-state index in [0.717, 1.165) is 10.6 Å². The van der Waals surface area contributed by atoms with Crippen LogP contribution in [-0.2, 0) is 4.79 Å². The Kier molecular flexibility index (Phi) is 7.61. The maximum absolute atomic E-state index is 12.9. The Balaban J connectivity index is 2.13. The number of anilines is 1. The van der Waals surface area contributed by atoms with E-state index in [9.17, 15) is 9.59 Å². The molecule has 0 fully saturated rings. The standard InChI is InChI=1S/C18H22Cl2N4O2S/c1-11-12(2)27-18(21-11)22-16(25)10-24(8-7-23(3)4)17(26)13-5-6-14(19)15(20)9-13/h5-6,9H,7-8,10H2,1-4H3,(H,21,22,25). The minimum absolute atomic E-state index is 0.0788. The quantitative estimate of drug-likeness (QED) is 0.729. The minimum atomic E-state index is -0.295. The fourth-order valence-corrected chi connectivity index (χ4v) is 3.37. The first-order valence-electron chi connectivity index (χ1n) is 8.30. The smallest absolute Gasteiger partial charge is 0.254 e. The number of thiazole rings is 1. The second-order valence-corrected chi connectivity index (χ2v) is 8.39. The van der Waals surface area contributed by atoms with Crippen molar-refractivity contribution in [2.45, 2.75) is 13.8 Å². The number of nitrogens with one attached hydrogen (secondary N) is 1. The van der Waals surface area contributed by atoms with Crippen molar-refractivity contribution in [2.75, 3.05) is 39.0 Å². The van der Waals surface area contributed by atoms with Gasteiger partial charge in [0.25, 0.3) is 5.91 Å². The van der Waals surface area contributed by atoms with E-state index >= 15 is 0 Å². The Morgan fingerprint density at radius 3 is 2.41 bits per heavy atom. The summed E-state index contributed by atoms with van der Waals surface area (Å²) in [5, 5.41) is 3.97. The lowest BCUT2D eigenvalue weighted by Gasteiger charge is -2.24. The number of likely N-dealkylation sites (N-methyl/N-ethyl adjacent to an activating group) is 1. The van der Waals surface area contributed by atoms with Crippen molar-refractivity contribution < 1.29 is 9.59 Å². The van der Waals surface area contributed by atoms with Crippen LogP contribution in [0.1, 0.15) is 20.9 Å². The average molecular weight is 429 g/mol. The number of carbonyl (C=O) groups excluding carboxylic acids is 2. The van der Waals surface area contributed by atoms with Gasteiger partial charge in [0.15, 0.2) is 5.13 Å². The van der Waals surface area contributed by atoms with Crippen molar-refractivity contribution in [1.82, 2.24) is 14.8 Å². The molecular formula is C18H22Cl2N4O2S. The van der Waals surface area contributed by atoms with Crippen molar-refractivity contribution >= 4 is 51.5 Å². The van der Waals surface area contributed by atoms with E-state index < -0.39 is 0 Å². The number of aryl methyl sites for hydroxylation is 2. The van der Waals surface area contributed by atoms with Crippen molar-refractivity contribution in [3.8, 4) is 0 Å². The number of hydrogen-bond donors (Lipinski definition) is 1. The zero-order valence-electron chi connectivity index (χ0n) is 15.7. The molecule has 0 aliphatic heterocycles. The van der Waals surface area contributed by atoms with Crippen molar-refractivity contribution in [3.63, 3.8) is 0 Å². The second kappa shape index (κ2) is 9.50. The first-order valence-corrected chi connectivity index (χ1v) is 9.87. The molecule has 1 heterocycles. The van der Waals surface area contributed by atoms with Gasteiger partial charge in [0, 0.05) is 23.5 Å². The topological polar surface area (TPSA) is 65.5 Å². The van der Waals surface area contributed by atoms with Gasteiger partial charge in [0.05, 0.1) is 15.7 Å². The number of hydrogen-bond acceptors (Lipinski definition) is 5. The molecule has 27 heavy (non-hydrogen) atoms. The van der Waals surface area contributed by atoms with Gasteiger partial charge in [0.2, 0.25) is 5.91 Å². The van der Waals surface area contributed by atoms with Gasteiger partial charge in [-0.1, -0.05) is 23.2 Å². The molecule has 0 saturated heterocycles. The molecule has 0 aliphatic carbocycles. The highest BCUT2D eigenvalue weighted by atomic mass is 35.5. The largest absolute Gasteiger partial charge is 0.328 e. The van der Waals surface area contributed by atoms with Crippen molar-refractivity contribution in [3.05, 3.63) is 44.4 Å². The predicted molar refractivity (Wildman–Crippen MR) is 111 cm³/mol. The first-order chi connectivity index (χ1) is 12.7. The lowest BCUT2D eigenvalue weighted by Crippen LogP contribution is -2.41. The Bertz CT molecular complexity index is 819. The van der Waals surface area contributed by atoms with Crippen LogP contribution in [0, 0.1) is 13.8 Å². The van der Waals surface area contributed by atoms with Gasteiger partial charge in [0.1, 0.15) is 6.54 Å². The summed E-state index contributed by atoms with van der Waals surface area (Å²) in [6, 6.07) is 4.69. The molecule has 2 rings (SSSR count). The summed E-state index contributed by atoms with van der Waals surface area (Å²) < 4.78 is 0. The molecule has 0 radical (unpaired) electrons. The molecule has 2 aromatic rings. The molecule has 0 spiro atoms. The molecule has 0 saturated carbocycles. The van der Waals surface area contributed by atoms with Gasteiger partial charge < -0.3 is 15.1 Å². The molecule has 146 valence electrons. The highest BCUT2D eigenvalue weighted by Crippen LogP contribution is 2.24. The van der Waals surface area contributed by atoms with Crippen LogP contribution in [-0.4, -0.2) is 60.3 Å². The number of nitrogens with zero attached hydrogens (tertiary/aromatic N) is 3. The number of carbonyl (C=O) groups is 2. The summed E-state index contributed by atoms with van der Waals surface area (Å²) in [5.74, 6) is -0.576. The predicted octanol–water partition coefficient (Wildman–Crippen LogP) is 3.71. The van der Waals surface area contributed by atoms with E-state index in [1.54, 1.807) is 12.1 Å². The zero-order chi connectivity index (χ0) is 20.1. The Morgan fingerprint density at radius 1 is 1.15 bits per heavy atom. The molecule has 1 aromatic heterocycles. The van der Waals surface area contributed by atoms with Crippen LogP contribution in [0.5, 0.6) is 0 Å². The lowest BCUT2D eigenvalue weighted by atomic mass is 10.2. The molecule has 6 nitrogen and oxygen atoms in total. The third-order valence-electron chi connectivity index (χ3n) is 3.88. The molecule has 2 amide bonds. The van der Waals surface area contributed by atoms with Crippen LogP contribution in [0.25, 0.3) is 0 Å². The van der Waals surface area contributed by atoms with Gasteiger partial charge in [-0.15, -0.1) is 11.3 Å². The average Bonchev–Trinajstić information content (AvgIpc) is 2.90. The van der Waals surface area contributed by atoms with Crippen LogP contribution in [0.4, 0.5) is 5.13 Å². The van der Waals surface area contributed by atoms with E-state index in [1.165, 1.54) is 22.3 Å². The molecule has 1 aromatic carbocycles. The van der Waals surface area contributed by atoms with E-state index in [4.69, 9.17) is 23.2 Å². The fourth-order valence-electron chi connectivity index (χ4n) is 2.24. The van der Waals surface area contributed by atoms with Gasteiger partial charge in [-0.25, -0.2) is 4.98 Å². The molecule has 0 unspecified atom stereocenters. The van der Waals surface area contributed by atoms with Gasteiger partial charge in [-0.05, 0) is 46.1 Å². The highest BCUT2D eigenvalue weighted by Gasteiger charge is 2.20. The van der Waals surface area contributed by atoms with Crippen LogP contribution in [0.2, 0.25) is 10.0 Å². The van der Waals surface area contributed by atoms with E-state index in [-0.39, 0.29) is 18.4 Å². The summed E-state index contributed by atoms with van der Waals surface area (Å²) in [6.45, 7) is 4.77. The number of aromatic nitrogens is 1. The van der Waals surface area contributed by atoms with E-state index in [0.29, 0.717) is 33.8 Å². The highest BCUT2D eigenvalue weighted by molar-refractivity contribution is 7.15. The summed E-state index contributed by atoms with van der Waals surface area (Å²) >= 11 is 13.4. The number of benzene rings is 1. The van der Waals surface area contributed by atoms with Crippen molar-refractivity contribution in [1.29, 1.82) is 0 Å². The molecule has 9 heteroatoms. The third-order valence-corrected chi connectivity index (χ3v) is 5.61. The lowest BCUT2D eigenvalue weighted by molar-refractivity contribution is -0.116. The third kappa shape index (κ3) is 6.17. The number of rotatable bonds is 7. The monoisotopic (exact) mass is 428 g/mol. The van der Waals surface area contributed by atoms with Gasteiger partial charge >= 0.3 is 0 Å². The SMILES string of the molecule is Cc1nc(NC(=O)CN(CCN(C)C)C(=O)c2ccc(Cl)c(Cl)c2)sc1C. The van der Waals surface area contributed by atoms with Crippen molar-refractivity contribution in [2.24, 2.45) is 0 Å². The van der Waals surface area contributed by atoms with Gasteiger partial charge in [-0.2, -0.15) is 0 Å². The zero-order valence-corrected chi connectivity index (χ0v) is 18.0. The van der Waals surface area contributed by atoms with Crippen LogP contribution in [0.15, 0.2) is 18.2 Å². The Morgan fingerprint density at radius 2 is 1.85 bits per heavy atom. The van der Waals surface area contributed by atoms with Crippen LogP contribution >= 0.6 is 34.5 Å². The van der Waals surface area contributed by atoms with E-state index in [2.05, 4.69) is 10.3 Å². The molecule has 0 aliphatic rings. The molecular weight excluding hydrogens is 407 g/mol. The molecule has 0 atom stereocenters. The fraction of sp³-hybridized carbons (Fsp3) is 0.389. The minimum Gasteiger partial charge on any atom is -0.328 e. The Hall–Kier alpha value is -1.67. The molecule has 0 bridgehead atoms. The Labute approximate surface area is 173 Å². The summed E-state index contributed by atoms with van der Waals surface area (Å²) in [6.07, 6.45) is 0. The van der Waals surface area contributed by atoms with Crippen LogP contribution in [0.3, 0.4) is 0 Å². The second-order valence-electron chi connectivity index (χ2n) is 6.37. The number of halogens is 2. The van der Waals surface area contributed by atoms with E-state index in [1.807, 2.05) is 32.8 Å². The molecule has 1 N–H and O–H groups in total.